The first-order valence-electron chi connectivity index (χ1n) is 11.7. The average Bonchev–Trinajstić information content (AvgIpc) is 3.27. The molecule has 0 radical (unpaired) electrons. The number of rotatable bonds is 5. The molecule has 0 spiro atoms. The number of guanidine groups is 1. The summed E-state index contributed by atoms with van der Waals surface area (Å²) in [5, 5.41) is 3.55. The molecule has 3 heterocycles. The lowest BCUT2D eigenvalue weighted by atomic mass is 9.94. The van der Waals surface area contributed by atoms with Crippen LogP contribution in [0.15, 0.2) is 29.3 Å². The number of ether oxygens (including phenoxy) is 1. The van der Waals surface area contributed by atoms with Crippen LogP contribution in [0.3, 0.4) is 0 Å². The fourth-order valence-electron chi connectivity index (χ4n) is 4.98. The first kappa shape index (κ1) is 24.7. The van der Waals surface area contributed by atoms with Crippen LogP contribution in [-0.2, 0) is 17.7 Å². The molecule has 0 amide bonds. The highest BCUT2D eigenvalue weighted by Gasteiger charge is 2.32. The number of nitrogens with one attached hydrogen (secondary N) is 1. The third kappa shape index (κ3) is 6.12. The molecule has 2 fully saturated rings. The van der Waals surface area contributed by atoms with Crippen molar-refractivity contribution in [1.82, 2.24) is 20.0 Å². The molecule has 7 heteroatoms. The Morgan fingerprint density at radius 2 is 1.87 bits per heavy atom. The summed E-state index contributed by atoms with van der Waals surface area (Å²) < 4.78 is 5.53. The van der Waals surface area contributed by atoms with Gasteiger partial charge in [0.2, 0.25) is 0 Å². The van der Waals surface area contributed by atoms with Gasteiger partial charge in [0, 0.05) is 57.4 Å². The van der Waals surface area contributed by atoms with Gasteiger partial charge < -0.3 is 15.0 Å². The van der Waals surface area contributed by atoms with Gasteiger partial charge in [-0.1, -0.05) is 24.3 Å². The Hall–Kier alpha value is -0.900. The van der Waals surface area contributed by atoms with E-state index in [2.05, 4.69) is 65.1 Å². The lowest BCUT2D eigenvalue weighted by Crippen LogP contribution is -2.50. The summed E-state index contributed by atoms with van der Waals surface area (Å²) in [6.45, 7) is 16.7. The zero-order chi connectivity index (χ0) is 21.0. The molecule has 2 saturated heterocycles. The molecule has 31 heavy (non-hydrogen) atoms. The van der Waals surface area contributed by atoms with E-state index >= 15 is 0 Å². The van der Waals surface area contributed by atoms with E-state index in [0.717, 1.165) is 78.0 Å². The van der Waals surface area contributed by atoms with E-state index in [9.17, 15) is 0 Å². The molecular formula is C24H40IN5O. The fourth-order valence-corrected chi connectivity index (χ4v) is 4.98. The maximum Gasteiger partial charge on any atom is 0.194 e. The molecule has 0 bridgehead atoms. The quantitative estimate of drug-likeness (QED) is 0.353. The van der Waals surface area contributed by atoms with Crippen molar-refractivity contribution in [3.8, 4) is 0 Å². The zero-order valence-electron chi connectivity index (χ0n) is 19.5. The zero-order valence-corrected chi connectivity index (χ0v) is 21.8. The SMILES string of the molecule is CCNC(=NCC(C)(C)N1CCc2ccccc2C1)N1CCC(N2CCOCC2)C1.I. The summed E-state index contributed by atoms with van der Waals surface area (Å²) >= 11 is 0. The minimum atomic E-state index is 0. The maximum absolute atomic E-state index is 5.53. The monoisotopic (exact) mass is 541 g/mol. The predicted octanol–water partition coefficient (Wildman–Crippen LogP) is 2.81. The topological polar surface area (TPSA) is 43.3 Å². The van der Waals surface area contributed by atoms with Gasteiger partial charge >= 0.3 is 0 Å². The minimum Gasteiger partial charge on any atom is -0.379 e. The van der Waals surface area contributed by atoms with Crippen molar-refractivity contribution in [2.75, 3.05) is 59.0 Å². The van der Waals surface area contributed by atoms with Crippen LogP contribution < -0.4 is 5.32 Å². The molecular weight excluding hydrogens is 501 g/mol. The number of nitrogens with zero attached hydrogens (tertiary/aromatic N) is 4. The second kappa shape index (κ2) is 11.3. The second-order valence-corrected chi connectivity index (χ2v) is 9.46. The molecule has 6 nitrogen and oxygen atoms in total. The van der Waals surface area contributed by atoms with E-state index in [0.29, 0.717) is 6.04 Å². The van der Waals surface area contributed by atoms with Crippen LogP contribution in [0.25, 0.3) is 0 Å². The van der Waals surface area contributed by atoms with Gasteiger partial charge in [-0.15, -0.1) is 24.0 Å². The minimum absolute atomic E-state index is 0. The second-order valence-electron chi connectivity index (χ2n) is 9.46. The average molecular weight is 542 g/mol. The van der Waals surface area contributed by atoms with Gasteiger partial charge in [0.05, 0.1) is 19.8 Å². The van der Waals surface area contributed by atoms with E-state index in [1.165, 1.54) is 17.5 Å². The normalized spacial score (nSPS) is 23.4. The maximum atomic E-state index is 5.53. The molecule has 1 N–H and O–H groups in total. The van der Waals surface area contributed by atoms with E-state index in [1.807, 2.05) is 0 Å². The van der Waals surface area contributed by atoms with Crippen molar-refractivity contribution in [3.05, 3.63) is 35.4 Å². The smallest absolute Gasteiger partial charge is 0.194 e. The van der Waals surface area contributed by atoms with Crippen molar-refractivity contribution in [2.45, 2.75) is 51.7 Å². The summed E-state index contributed by atoms with van der Waals surface area (Å²) in [5.41, 5.74) is 3.02. The van der Waals surface area contributed by atoms with Gasteiger partial charge in [-0.2, -0.15) is 0 Å². The van der Waals surface area contributed by atoms with Crippen LogP contribution in [0.5, 0.6) is 0 Å². The Morgan fingerprint density at radius 3 is 2.61 bits per heavy atom. The largest absolute Gasteiger partial charge is 0.379 e. The van der Waals surface area contributed by atoms with E-state index in [4.69, 9.17) is 9.73 Å². The van der Waals surface area contributed by atoms with Gasteiger partial charge in [0.15, 0.2) is 5.96 Å². The van der Waals surface area contributed by atoms with Crippen LogP contribution >= 0.6 is 24.0 Å². The molecule has 3 aliphatic heterocycles. The standard InChI is InChI=1S/C24H39N5O.HI/c1-4-25-23(28-11-10-22(18-28)27-13-15-30-16-14-27)26-19-24(2,3)29-12-9-20-7-5-6-8-21(20)17-29;/h5-8,22H,4,9-19H2,1-3H3,(H,25,26);1H. The van der Waals surface area contributed by atoms with Crippen molar-refractivity contribution in [2.24, 2.45) is 4.99 Å². The third-order valence-electron chi connectivity index (χ3n) is 6.96. The highest BCUT2D eigenvalue weighted by atomic mass is 127. The third-order valence-corrected chi connectivity index (χ3v) is 6.96. The molecule has 0 saturated carbocycles. The molecule has 174 valence electrons. The predicted molar refractivity (Wildman–Crippen MR) is 138 cm³/mol. The summed E-state index contributed by atoms with van der Waals surface area (Å²) in [6.07, 6.45) is 2.35. The molecule has 4 rings (SSSR count). The van der Waals surface area contributed by atoms with Crippen molar-refractivity contribution < 1.29 is 4.74 Å². The Morgan fingerprint density at radius 1 is 1.13 bits per heavy atom. The summed E-state index contributed by atoms with van der Waals surface area (Å²) in [5.74, 6) is 1.08. The summed E-state index contributed by atoms with van der Waals surface area (Å²) in [4.78, 5) is 12.8. The number of hydrogen-bond donors (Lipinski definition) is 1. The van der Waals surface area contributed by atoms with Gasteiger partial charge in [0.1, 0.15) is 0 Å². The number of fused-ring (bicyclic) bond motifs is 1. The first-order chi connectivity index (χ1) is 14.6. The summed E-state index contributed by atoms with van der Waals surface area (Å²) in [6, 6.07) is 9.51. The van der Waals surface area contributed by atoms with Crippen LogP contribution in [0, 0.1) is 0 Å². The van der Waals surface area contributed by atoms with Crippen molar-refractivity contribution in [3.63, 3.8) is 0 Å². The molecule has 3 aliphatic rings. The molecule has 0 aliphatic carbocycles. The van der Waals surface area contributed by atoms with E-state index < -0.39 is 0 Å². The van der Waals surface area contributed by atoms with Crippen LogP contribution in [0.4, 0.5) is 0 Å². The number of likely N-dealkylation sites (tertiary alicyclic amines) is 1. The Bertz CT molecular complexity index is 734. The highest BCUT2D eigenvalue weighted by Crippen LogP contribution is 2.26. The molecule has 1 aromatic rings. The van der Waals surface area contributed by atoms with Crippen molar-refractivity contribution in [1.29, 1.82) is 0 Å². The number of halogens is 1. The molecule has 1 atom stereocenters. The number of aliphatic imine (C=N–C) groups is 1. The van der Waals surface area contributed by atoms with Gasteiger partial charge in [-0.25, -0.2) is 0 Å². The number of benzene rings is 1. The highest BCUT2D eigenvalue weighted by molar-refractivity contribution is 14.0. The molecule has 0 aromatic heterocycles. The van der Waals surface area contributed by atoms with Gasteiger partial charge in [-0.05, 0) is 44.7 Å². The Kier molecular flexibility index (Phi) is 9.01. The first-order valence-corrected chi connectivity index (χ1v) is 11.7. The molecule has 1 unspecified atom stereocenters. The van der Waals surface area contributed by atoms with Crippen LogP contribution in [0.2, 0.25) is 0 Å². The van der Waals surface area contributed by atoms with E-state index in [-0.39, 0.29) is 29.5 Å². The van der Waals surface area contributed by atoms with E-state index in [1.54, 1.807) is 0 Å². The lowest BCUT2D eigenvalue weighted by Gasteiger charge is -2.41. The fraction of sp³-hybridized carbons (Fsp3) is 0.708. The van der Waals surface area contributed by atoms with Gasteiger partial charge in [-0.3, -0.25) is 14.8 Å². The van der Waals surface area contributed by atoms with Crippen molar-refractivity contribution >= 4 is 29.9 Å². The van der Waals surface area contributed by atoms with Crippen LogP contribution in [-0.4, -0.2) is 91.3 Å². The Balaban J connectivity index is 0.00000272. The number of morpholine rings is 1. The summed E-state index contributed by atoms with van der Waals surface area (Å²) in [7, 11) is 0. The van der Waals surface area contributed by atoms with Gasteiger partial charge in [0.25, 0.3) is 0 Å². The lowest BCUT2D eigenvalue weighted by molar-refractivity contribution is 0.0194. The van der Waals surface area contributed by atoms with Crippen LogP contribution in [0.1, 0.15) is 38.3 Å². The Labute approximate surface area is 205 Å². The molecule has 1 aromatic carbocycles. The number of hydrogen-bond acceptors (Lipinski definition) is 4.